The van der Waals surface area contributed by atoms with E-state index in [-0.39, 0.29) is 6.03 Å². The molecule has 1 heterocycles. The lowest BCUT2D eigenvalue weighted by atomic mass is 10.0. The Morgan fingerprint density at radius 1 is 1.15 bits per heavy atom. The van der Waals surface area contributed by atoms with Crippen molar-refractivity contribution in [3.05, 3.63) is 59.9 Å². The molecule has 0 fully saturated rings. The van der Waals surface area contributed by atoms with Gasteiger partial charge in [0.1, 0.15) is 0 Å². The van der Waals surface area contributed by atoms with Crippen molar-refractivity contribution in [1.82, 2.24) is 10.3 Å². The van der Waals surface area contributed by atoms with Crippen molar-refractivity contribution in [3.63, 3.8) is 0 Å². The summed E-state index contributed by atoms with van der Waals surface area (Å²) < 4.78 is 0. The highest BCUT2D eigenvalue weighted by Gasteiger charge is 2.08. The lowest BCUT2D eigenvalue weighted by Gasteiger charge is -2.14. The number of pyridine rings is 1. The molecule has 0 unspecified atom stereocenters. The van der Waals surface area contributed by atoms with Crippen molar-refractivity contribution in [2.24, 2.45) is 0 Å². The Morgan fingerprint density at radius 3 is 2.55 bits per heavy atom. The number of aromatic nitrogens is 1. The predicted molar refractivity (Wildman–Crippen MR) is 80.6 cm³/mol. The topological polar surface area (TPSA) is 54.0 Å². The molecule has 0 bridgehead atoms. The molecule has 104 valence electrons. The number of carbonyl (C=O) groups excluding carboxylic acids is 1. The summed E-state index contributed by atoms with van der Waals surface area (Å²) in [5.41, 5.74) is 3.01. The van der Waals surface area contributed by atoms with Gasteiger partial charge in [-0.25, -0.2) is 4.79 Å². The fourth-order valence-corrected chi connectivity index (χ4v) is 1.96. The maximum absolute atomic E-state index is 11.9. The van der Waals surface area contributed by atoms with Crippen molar-refractivity contribution in [1.29, 1.82) is 0 Å². The van der Waals surface area contributed by atoms with E-state index in [1.807, 2.05) is 36.4 Å². The van der Waals surface area contributed by atoms with Gasteiger partial charge in [0.15, 0.2) is 0 Å². The highest BCUT2D eigenvalue weighted by molar-refractivity contribution is 5.90. The first-order valence-electron chi connectivity index (χ1n) is 6.69. The second-order valence-electron chi connectivity index (χ2n) is 4.91. The average Bonchev–Trinajstić information content (AvgIpc) is 2.46. The number of rotatable bonds is 4. The zero-order chi connectivity index (χ0) is 14.4. The summed E-state index contributed by atoms with van der Waals surface area (Å²) in [5, 5.41) is 5.73. The molecule has 4 nitrogen and oxygen atoms in total. The van der Waals surface area contributed by atoms with Gasteiger partial charge in [-0.2, -0.15) is 0 Å². The van der Waals surface area contributed by atoms with Crippen LogP contribution in [-0.4, -0.2) is 11.0 Å². The van der Waals surface area contributed by atoms with Crippen LogP contribution in [0, 0.1) is 0 Å². The Labute approximate surface area is 119 Å². The molecule has 20 heavy (non-hydrogen) atoms. The van der Waals surface area contributed by atoms with E-state index in [2.05, 4.69) is 29.5 Å². The maximum atomic E-state index is 11.9. The van der Waals surface area contributed by atoms with E-state index in [0.717, 1.165) is 16.8 Å². The molecule has 0 radical (unpaired) electrons. The van der Waals surface area contributed by atoms with Gasteiger partial charge >= 0.3 is 6.03 Å². The van der Waals surface area contributed by atoms with Crippen LogP contribution in [0.3, 0.4) is 0 Å². The van der Waals surface area contributed by atoms with Gasteiger partial charge in [0, 0.05) is 24.6 Å². The largest absolute Gasteiger partial charge is 0.334 e. The number of anilines is 1. The Bertz CT molecular complexity index is 567. The van der Waals surface area contributed by atoms with Gasteiger partial charge < -0.3 is 10.6 Å². The molecule has 4 heteroatoms. The number of amides is 2. The summed E-state index contributed by atoms with van der Waals surface area (Å²) in [7, 11) is 0. The quantitative estimate of drug-likeness (QED) is 0.892. The molecule has 2 aromatic rings. The zero-order valence-corrected chi connectivity index (χ0v) is 11.8. The van der Waals surface area contributed by atoms with Gasteiger partial charge in [-0.15, -0.1) is 0 Å². The molecule has 0 atom stereocenters. The molecule has 0 spiro atoms. The van der Waals surface area contributed by atoms with Crippen LogP contribution in [0.25, 0.3) is 0 Å². The van der Waals surface area contributed by atoms with Crippen molar-refractivity contribution < 1.29 is 4.79 Å². The smallest absolute Gasteiger partial charge is 0.319 e. The van der Waals surface area contributed by atoms with E-state index in [0.29, 0.717) is 12.5 Å². The number of nitrogens with zero attached hydrogens (tertiary/aromatic N) is 1. The van der Waals surface area contributed by atoms with Crippen LogP contribution in [0.1, 0.15) is 30.9 Å². The third kappa shape index (κ3) is 3.82. The molecule has 2 amide bonds. The van der Waals surface area contributed by atoms with Crippen molar-refractivity contribution in [2.45, 2.75) is 26.3 Å². The molecule has 0 aliphatic rings. The van der Waals surface area contributed by atoms with Crippen molar-refractivity contribution in [2.75, 3.05) is 5.32 Å². The average molecular weight is 269 g/mol. The fourth-order valence-electron chi connectivity index (χ4n) is 1.96. The first kappa shape index (κ1) is 14.1. The lowest BCUT2D eigenvalue weighted by molar-refractivity contribution is 0.251. The van der Waals surface area contributed by atoms with E-state index in [9.17, 15) is 4.79 Å². The Morgan fingerprint density at radius 2 is 1.85 bits per heavy atom. The third-order valence-electron chi connectivity index (χ3n) is 3.03. The first-order chi connectivity index (χ1) is 9.66. The van der Waals surface area contributed by atoms with Crippen LogP contribution in [0.15, 0.2) is 48.8 Å². The molecule has 2 N–H and O–H groups in total. The molecule has 0 saturated carbocycles. The molecule has 1 aromatic carbocycles. The molecule has 2 rings (SSSR count). The molecule has 0 aliphatic carbocycles. The van der Waals surface area contributed by atoms with Crippen LogP contribution in [0.5, 0.6) is 0 Å². The van der Waals surface area contributed by atoms with Crippen molar-refractivity contribution >= 4 is 11.7 Å². The minimum absolute atomic E-state index is 0.199. The van der Waals surface area contributed by atoms with E-state index in [1.165, 1.54) is 0 Å². The number of hydrogen-bond acceptors (Lipinski definition) is 2. The van der Waals surface area contributed by atoms with Gasteiger partial charge in [0.2, 0.25) is 0 Å². The number of nitrogens with one attached hydrogen (secondary N) is 2. The Kier molecular flexibility index (Phi) is 4.71. The van der Waals surface area contributed by atoms with E-state index < -0.39 is 0 Å². The zero-order valence-electron chi connectivity index (χ0n) is 11.8. The van der Waals surface area contributed by atoms with Crippen LogP contribution in [-0.2, 0) is 6.54 Å². The fraction of sp³-hybridized carbons (Fsp3) is 0.250. The summed E-state index contributed by atoms with van der Waals surface area (Å²) >= 11 is 0. The van der Waals surface area contributed by atoms with E-state index >= 15 is 0 Å². The minimum atomic E-state index is -0.199. The monoisotopic (exact) mass is 269 g/mol. The minimum Gasteiger partial charge on any atom is -0.334 e. The lowest BCUT2D eigenvalue weighted by Crippen LogP contribution is -2.28. The van der Waals surface area contributed by atoms with E-state index in [4.69, 9.17) is 0 Å². The number of hydrogen-bond donors (Lipinski definition) is 2. The summed E-state index contributed by atoms with van der Waals surface area (Å²) in [5.74, 6) is 0.367. The predicted octanol–water partition coefficient (Wildman–Crippen LogP) is 3.53. The van der Waals surface area contributed by atoms with Gasteiger partial charge in [-0.3, -0.25) is 4.98 Å². The maximum Gasteiger partial charge on any atom is 0.319 e. The Hall–Kier alpha value is -2.36. The van der Waals surface area contributed by atoms with Crippen LogP contribution in [0.4, 0.5) is 10.5 Å². The van der Waals surface area contributed by atoms with E-state index in [1.54, 1.807) is 12.4 Å². The number of urea groups is 1. The summed E-state index contributed by atoms with van der Waals surface area (Å²) in [6.45, 7) is 4.70. The van der Waals surface area contributed by atoms with Crippen molar-refractivity contribution in [3.8, 4) is 0 Å². The molecular weight excluding hydrogens is 250 g/mol. The second kappa shape index (κ2) is 6.70. The summed E-state index contributed by atoms with van der Waals surface area (Å²) in [6, 6.07) is 11.4. The van der Waals surface area contributed by atoms with Gasteiger partial charge in [0.05, 0.1) is 0 Å². The van der Waals surface area contributed by atoms with Gasteiger partial charge in [0.25, 0.3) is 0 Å². The third-order valence-corrected chi connectivity index (χ3v) is 3.03. The second-order valence-corrected chi connectivity index (χ2v) is 4.91. The Balaban J connectivity index is 1.95. The van der Waals surface area contributed by atoms with Gasteiger partial charge in [-0.05, 0) is 35.2 Å². The number of para-hydroxylation sites is 1. The van der Waals surface area contributed by atoms with Crippen LogP contribution in [0.2, 0.25) is 0 Å². The normalized spacial score (nSPS) is 10.3. The van der Waals surface area contributed by atoms with Crippen LogP contribution < -0.4 is 10.6 Å². The SMILES string of the molecule is CC(C)c1ccccc1NC(=O)NCc1ccncc1. The molecule has 0 saturated heterocycles. The summed E-state index contributed by atoms with van der Waals surface area (Å²) in [4.78, 5) is 15.9. The van der Waals surface area contributed by atoms with Gasteiger partial charge in [-0.1, -0.05) is 32.0 Å². The van der Waals surface area contributed by atoms with Crippen LogP contribution >= 0.6 is 0 Å². The summed E-state index contributed by atoms with van der Waals surface area (Å²) in [6.07, 6.45) is 3.42. The molecule has 0 aliphatic heterocycles. The first-order valence-corrected chi connectivity index (χ1v) is 6.69. The molecule has 1 aromatic heterocycles. The highest BCUT2D eigenvalue weighted by Crippen LogP contribution is 2.23. The number of carbonyl (C=O) groups is 1. The highest BCUT2D eigenvalue weighted by atomic mass is 16.2. The number of benzene rings is 1. The standard InChI is InChI=1S/C16H19N3O/c1-12(2)14-5-3-4-6-15(14)19-16(20)18-11-13-7-9-17-10-8-13/h3-10,12H,11H2,1-2H3,(H2,18,19,20). The molecular formula is C16H19N3O.